The molecule has 0 spiro atoms. The third kappa shape index (κ3) is 3.41. The monoisotopic (exact) mass is 358 g/mol. The maximum absolute atomic E-state index is 12.6. The van der Waals surface area contributed by atoms with Crippen LogP contribution in [0.5, 0.6) is 0 Å². The zero-order valence-electron chi connectivity index (χ0n) is 15.2. The second-order valence-electron chi connectivity index (χ2n) is 7.30. The molecule has 2 N–H and O–H groups in total. The molecule has 1 saturated carbocycles. The molecule has 0 bridgehead atoms. The number of nitrogens with zero attached hydrogens (tertiary/aromatic N) is 2. The topological polar surface area (TPSA) is 79.4 Å². The molecule has 26 heavy (non-hydrogen) atoms. The number of hydrogen-bond donors (Lipinski definition) is 2. The Labute approximate surface area is 152 Å². The summed E-state index contributed by atoms with van der Waals surface area (Å²) in [6, 6.07) is 6.09. The molecule has 1 aromatic carbocycles. The average molecular weight is 358 g/mol. The summed E-state index contributed by atoms with van der Waals surface area (Å²) >= 11 is 0. The van der Waals surface area contributed by atoms with Crippen molar-refractivity contribution in [2.24, 2.45) is 0 Å². The molecule has 1 atom stereocenters. The predicted octanol–water partition coefficient (Wildman–Crippen LogP) is 1.51. The number of carbonyl (C=O) groups is 1. The van der Waals surface area contributed by atoms with E-state index in [1.165, 1.54) is 0 Å². The minimum atomic E-state index is -0.0835. The zero-order chi connectivity index (χ0) is 18.1. The van der Waals surface area contributed by atoms with Crippen LogP contribution in [0.15, 0.2) is 23.0 Å². The van der Waals surface area contributed by atoms with E-state index in [9.17, 15) is 9.59 Å². The van der Waals surface area contributed by atoms with Gasteiger partial charge in [0.1, 0.15) is 0 Å². The fraction of sp³-hybridized carbons (Fsp3) is 0.579. The van der Waals surface area contributed by atoms with Crippen molar-refractivity contribution in [1.29, 1.82) is 0 Å². The Bertz CT molecular complexity index is 852. The molecule has 1 saturated heterocycles. The van der Waals surface area contributed by atoms with E-state index in [-0.39, 0.29) is 17.6 Å². The number of amides is 1. The highest BCUT2D eigenvalue weighted by atomic mass is 16.5. The number of nitrogens with one attached hydrogen (secondary N) is 2. The first-order valence-corrected chi connectivity index (χ1v) is 9.43. The smallest absolute Gasteiger partial charge is 0.326 e. The van der Waals surface area contributed by atoms with Crippen LogP contribution in [0.25, 0.3) is 11.0 Å². The number of aromatic nitrogens is 2. The van der Waals surface area contributed by atoms with Crippen LogP contribution in [0.4, 0.5) is 0 Å². The largest absolute Gasteiger partial charge is 0.383 e. The standard InChI is InChI=1S/C19H26N4O3/c1-26-10-9-22-8-2-3-15(22)12-20-18(24)13-4-7-16-17(11-13)23(14-5-6-14)19(25)21-16/h4,7,11,14-15H,2-3,5-6,8-10,12H2,1H3,(H,20,24)(H,21,25). The lowest BCUT2D eigenvalue weighted by Gasteiger charge is -2.24. The van der Waals surface area contributed by atoms with E-state index in [4.69, 9.17) is 4.74 Å². The van der Waals surface area contributed by atoms with Gasteiger partial charge in [0.05, 0.1) is 17.6 Å². The van der Waals surface area contributed by atoms with Crippen molar-refractivity contribution in [3.8, 4) is 0 Å². The lowest BCUT2D eigenvalue weighted by atomic mass is 10.1. The fourth-order valence-corrected chi connectivity index (χ4v) is 3.90. The average Bonchev–Trinajstić information content (AvgIpc) is 3.27. The van der Waals surface area contributed by atoms with Crippen LogP contribution in [0.1, 0.15) is 42.1 Å². The van der Waals surface area contributed by atoms with Crippen LogP contribution in [0, 0.1) is 0 Å². The van der Waals surface area contributed by atoms with Crippen LogP contribution >= 0.6 is 0 Å². The molecule has 2 aromatic rings. The zero-order valence-corrected chi connectivity index (χ0v) is 15.2. The molecule has 0 radical (unpaired) electrons. The number of rotatable bonds is 7. The van der Waals surface area contributed by atoms with E-state index < -0.39 is 0 Å². The van der Waals surface area contributed by atoms with Gasteiger partial charge in [0.2, 0.25) is 0 Å². The quantitative estimate of drug-likeness (QED) is 0.786. The number of fused-ring (bicyclic) bond motifs is 1. The van der Waals surface area contributed by atoms with E-state index in [0.717, 1.165) is 49.8 Å². The summed E-state index contributed by atoms with van der Waals surface area (Å²) in [6.07, 6.45) is 4.32. The van der Waals surface area contributed by atoms with E-state index >= 15 is 0 Å². The Morgan fingerprint density at radius 2 is 2.19 bits per heavy atom. The summed E-state index contributed by atoms with van der Waals surface area (Å²) < 4.78 is 6.95. The molecule has 4 rings (SSSR count). The van der Waals surface area contributed by atoms with Crippen molar-refractivity contribution in [2.45, 2.75) is 37.8 Å². The maximum Gasteiger partial charge on any atom is 0.326 e. The highest BCUT2D eigenvalue weighted by molar-refractivity contribution is 5.97. The van der Waals surface area contributed by atoms with E-state index in [2.05, 4.69) is 15.2 Å². The Morgan fingerprint density at radius 1 is 1.35 bits per heavy atom. The SMILES string of the molecule is COCCN1CCCC1CNC(=O)c1ccc2[nH]c(=O)n(C3CC3)c2c1. The Morgan fingerprint density at radius 3 is 2.96 bits per heavy atom. The number of ether oxygens (including phenoxy) is 1. The first kappa shape index (κ1) is 17.3. The van der Waals surface area contributed by atoms with Crippen molar-refractivity contribution in [3.63, 3.8) is 0 Å². The molecule has 2 heterocycles. The Hall–Kier alpha value is -2.12. The highest BCUT2D eigenvalue weighted by Crippen LogP contribution is 2.35. The maximum atomic E-state index is 12.6. The lowest BCUT2D eigenvalue weighted by Crippen LogP contribution is -2.41. The van der Waals surface area contributed by atoms with Gasteiger partial charge in [0.15, 0.2) is 0 Å². The van der Waals surface area contributed by atoms with Crippen molar-refractivity contribution in [3.05, 3.63) is 34.2 Å². The highest BCUT2D eigenvalue weighted by Gasteiger charge is 2.28. The van der Waals surface area contributed by atoms with Gasteiger partial charge in [-0.2, -0.15) is 0 Å². The van der Waals surface area contributed by atoms with Crippen LogP contribution in [-0.2, 0) is 4.74 Å². The Balaban J connectivity index is 1.44. The lowest BCUT2D eigenvalue weighted by molar-refractivity contribution is 0.0933. The second kappa shape index (κ2) is 7.25. The number of aromatic amines is 1. The number of likely N-dealkylation sites (tertiary alicyclic amines) is 1. The number of methoxy groups -OCH3 is 1. The number of benzene rings is 1. The van der Waals surface area contributed by atoms with Gasteiger partial charge in [0, 0.05) is 37.8 Å². The van der Waals surface area contributed by atoms with Crippen LogP contribution < -0.4 is 11.0 Å². The third-order valence-electron chi connectivity index (χ3n) is 5.47. The summed E-state index contributed by atoms with van der Waals surface area (Å²) in [7, 11) is 1.71. The molecule has 1 amide bonds. The fourth-order valence-electron chi connectivity index (χ4n) is 3.90. The summed E-state index contributed by atoms with van der Waals surface area (Å²) in [5.74, 6) is -0.0820. The summed E-state index contributed by atoms with van der Waals surface area (Å²) in [6.45, 7) is 3.32. The molecular formula is C19H26N4O3. The molecule has 2 fully saturated rings. The molecule has 1 aromatic heterocycles. The second-order valence-corrected chi connectivity index (χ2v) is 7.30. The molecule has 7 heteroatoms. The molecule has 2 aliphatic rings. The van der Waals surface area contributed by atoms with E-state index in [0.29, 0.717) is 24.8 Å². The van der Waals surface area contributed by atoms with Gasteiger partial charge < -0.3 is 15.0 Å². The first-order valence-electron chi connectivity index (χ1n) is 9.43. The summed E-state index contributed by atoms with van der Waals surface area (Å²) in [5.41, 5.74) is 2.14. The molecule has 140 valence electrons. The van der Waals surface area contributed by atoms with E-state index in [1.807, 2.05) is 12.1 Å². The third-order valence-corrected chi connectivity index (χ3v) is 5.47. The first-order chi connectivity index (χ1) is 12.7. The van der Waals surface area contributed by atoms with Crippen LogP contribution in [-0.4, -0.2) is 59.8 Å². The van der Waals surface area contributed by atoms with Gasteiger partial charge in [-0.1, -0.05) is 0 Å². The normalized spacial score (nSPS) is 20.7. The predicted molar refractivity (Wildman–Crippen MR) is 99.6 cm³/mol. The molecule has 1 aliphatic carbocycles. The van der Waals surface area contributed by atoms with Crippen LogP contribution in [0.3, 0.4) is 0 Å². The van der Waals surface area contributed by atoms with Gasteiger partial charge >= 0.3 is 5.69 Å². The minimum absolute atomic E-state index is 0.0820. The van der Waals surface area contributed by atoms with Gasteiger partial charge in [-0.3, -0.25) is 14.3 Å². The van der Waals surface area contributed by atoms with Crippen molar-refractivity contribution in [2.75, 3.05) is 33.4 Å². The number of H-pyrrole nitrogens is 1. The molecule has 1 aliphatic heterocycles. The number of hydrogen-bond acceptors (Lipinski definition) is 4. The summed E-state index contributed by atoms with van der Waals surface area (Å²) in [5, 5.41) is 3.06. The van der Waals surface area contributed by atoms with Crippen LogP contribution in [0.2, 0.25) is 0 Å². The van der Waals surface area contributed by atoms with E-state index in [1.54, 1.807) is 17.7 Å². The van der Waals surface area contributed by atoms with Gasteiger partial charge in [-0.15, -0.1) is 0 Å². The summed E-state index contributed by atoms with van der Waals surface area (Å²) in [4.78, 5) is 30.0. The molecular weight excluding hydrogens is 332 g/mol. The number of imidazole rings is 1. The van der Waals surface area contributed by atoms with Crippen molar-refractivity contribution in [1.82, 2.24) is 19.8 Å². The van der Waals surface area contributed by atoms with Crippen molar-refractivity contribution < 1.29 is 9.53 Å². The van der Waals surface area contributed by atoms with Gasteiger partial charge in [0.25, 0.3) is 5.91 Å². The van der Waals surface area contributed by atoms with Crippen molar-refractivity contribution >= 4 is 16.9 Å². The molecule has 1 unspecified atom stereocenters. The molecule has 7 nitrogen and oxygen atoms in total. The van der Waals surface area contributed by atoms with Gasteiger partial charge in [-0.25, -0.2) is 4.79 Å². The minimum Gasteiger partial charge on any atom is -0.383 e. The van der Waals surface area contributed by atoms with Gasteiger partial charge in [-0.05, 0) is 50.4 Å². The Kier molecular flexibility index (Phi) is 4.82. The number of carbonyl (C=O) groups excluding carboxylic acids is 1.